The van der Waals surface area contributed by atoms with Gasteiger partial charge in [-0.25, -0.2) is 15.0 Å². The van der Waals surface area contributed by atoms with Crippen molar-refractivity contribution in [3.8, 4) is 0 Å². The predicted octanol–water partition coefficient (Wildman–Crippen LogP) is 1.34. The molecule has 1 fully saturated rings. The van der Waals surface area contributed by atoms with E-state index in [0.29, 0.717) is 0 Å². The van der Waals surface area contributed by atoms with Crippen molar-refractivity contribution in [3.63, 3.8) is 0 Å². The summed E-state index contributed by atoms with van der Waals surface area (Å²) >= 11 is 0. The monoisotopic (exact) mass is 291 g/mol. The smallest absolute Gasteiger partial charge is 0.167 e. The molecule has 0 bridgehead atoms. The van der Waals surface area contributed by atoms with Crippen molar-refractivity contribution in [1.29, 1.82) is 0 Å². The Balaban J connectivity index is 1.94. The van der Waals surface area contributed by atoms with Crippen molar-refractivity contribution in [3.05, 3.63) is 12.7 Å². The van der Waals surface area contributed by atoms with Crippen LogP contribution in [0.3, 0.4) is 0 Å². The summed E-state index contributed by atoms with van der Waals surface area (Å²) in [4.78, 5) is 15.3. The van der Waals surface area contributed by atoms with E-state index >= 15 is 0 Å². The zero-order valence-electron chi connectivity index (χ0n) is 12.4. The van der Waals surface area contributed by atoms with Crippen LogP contribution in [-0.4, -0.2) is 50.9 Å². The first-order chi connectivity index (χ1) is 10.2. The molecular formula is C14H21N5O2. The molecule has 0 spiro atoms. The third kappa shape index (κ3) is 2.58. The number of ether oxygens (including phenoxy) is 1. The highest BCUT2D eigenvalue weighted by Gasteiger charge is 2.28. The lowest BCUT2D eigenvalue weighted by Crippen LogP contribution is -2.19. The van der Waals surface area contributed by atoms with Gasteiger partial charge in [-0.3, -0.25) is 4.57 Å². The second-order valence-corrected chi connectivity index (χ2v) is 5.42. The van der Waals surface area contributed by atoms with Crippen LogP contribution in [-0.2, 0) is 4.74 Å². The van der Waals surface area contributed by atoms with Crippen LogP contribution in [0.25, 0.3) is 11.2 Å². The van der Waals surface area contributed by atoms with Gasteiger partial charge in [0.25, 0.3) is 0 Å². The van der Waals surface area contributed by atoms with Crippen LogP contribution < -0.4 is 4.90 Å². The Hall–Kier alpha value is -1.73. The van der Waals surface area contributed by atoms with Gasteiger partial charge in [0, 0.05) is 13.6 Å². The summed E-state index contributed by atoms with van der Waals surface area (Å²) in [6, 6.07) is 0. The second-order valence-electron chi connectivity index (χ2n) is 5.42. The fourth-order valence-electron chi connectivity index (χ4n) is 2.80. The maximum Gasteiger partial charge on any atom is 0.167 e. The summed E-state index contributed by atoms with van der Waals surface area (Å²) < 4.78 is 7.75. The van der Waals surface area contributed by atoms with E-state index in [2.05, 4.69) is 26.8 Å². The molecule has 0 saturated carbocycles. The molecule has 1 N–H and O–H groups in total. The van der Waals surface area contributed by atoms with E-state index in [-0.39, 0.29) is 18.9 Å². The van der Waals surface area contributed by atoms with Gasteiger partial charge >= 0.3 is 0 Å². The van der Waals surface area contributed by atoms with Crippen molar-refractivity contribution in [2.45, 2.75) is 38.5 Å². The van der Waals surface area contributed by atoms with Gasteiger partial charge in [-0.05, 0) is 19.3 Å². The van der Waals surface area contributed by atoms with Gasteiger partial charge in [0.1, 0.15) is 12.6 Å². The molecule has 7 nitrogen and oxygen atoms in total. The number of anilines is 1. The Morgan fingerprint density at radius 1 is 1.38 bits per heavy atom. The van der Waals surface area contributed by atoms with Gasteiger partial charge in [-0.1, -0.05) is 6.92 Å². The Bertz CT molecular complexity index is 614. The average molecular weight is 291 g/mol. The maximum atomic E-state index is 9.19. The van der Waals surface area contributed by atoms with E-state index in [1.807, 2.05) is 11.6 Å². The molecule has 2 unspecified atom stereocenters. The molecule has 7 heteroatoms. The Morgan fingerprint density at radius 2 is 2.24 bits per heavy atom. The third-order valence-corrected chi connectivity index (χ3v) is 3.86. The number of hydrogen-bond acceptors (Lipinski definition) is 6. The SMILES string of the molecule is CCCN(C)c1ncnc2c1ncn2C1CCC(CO)O1. The molecule has 114 valence electrons. The summed E-state index contributed by atoms with van der Waals surface area (Å²) in [5.74, 6) is 0.845. The minimum absolute atomic E-state index is 0.0581. The van der Waals surface area contributed by atoms with E-state index in [1.165, 1.54) is 0 Å². The van der Waals surface area contributed by atoms with Crippen LogP contribution in [0.15, 0.2) is 12.7 Å². The highest BCUT2D eigenvalue weighted by molar-refractivity contribution is 5.83. The van der Waals surface area contributed by atoms with E-state index in [1.54, 1.807) is 12.7 Å². The molecule has 2 atom stereocenters. The van der Waals surface area contributed by atoms with Crippen molar-refractivity contribution in [2.24, 2.45) is 0 Å². The van der Waals surface area contributed by atoms with Gasteiger partial charge < -0.3 is 14.7 Å². The second kappa shape index (κ2) is 5.95. The molecule has 3 heterocycles. The van der Waals surface area contributed by atoms with Gasteiger partial charge in [0.2, 0.25) is 0 Å². The summed E-state index contributed by atoms with van der Waals surface area (Å²) in [5.41, 5.74) is 1.58. The van der Waals surface area contributed by atoms with Gasteiger partial charge in [-0.15, -0.1) is 0 Å². The van der Waals surface area contributed by atoms with Crippen LogP contribution in [0, 0.1) is 0 Å². The number of aliphatic hydroxyl groups is 1. The highest BCUT2D eigenvalue weighted by atomic mass is 16.5. The van der Waals surface area contributed by atoms with E-state index in [9.17, 15) is 5.11 Å². The lowest BCUT2D eigenvalue weighted by Gasteiger charge is -2.17. The third-order valence-electron chi connectivity index (χ3n) is 3.86. The van der Waals surface area contributed by atoms with Crippen LogP contribution in [0.1, 0.15) is 32.4 Å². The molecule has 1 aliphatic rings. The summed E-state index contributed by atoms with van der Waals surface area (Å²) in [5, 5.41) is 9.19. The number of aliphatic hydroxyl groups excluding tert-OH is 1. The molecule has 1 saturated heterocycles. The zero-order valence-corrected chi connectivity index (χ0v) is 12.4. The molecule has 0 amide bonds. The van der Waals surface area contributed by atoms with Gasteiger partial charge in [0.05, 0.1) is 19.0 Å². The Morgan fingerprint density at radius 3 is 2.95 bits per heavy atom. The topological polar surface area (TPSA) is 76.3 Å². The van der Waals surface area contributed by atoms with E-state index in [0.717, 1.165) is 42.8 Å². The Labute approximate surface area is 123 Å². The van der Waals surface area contributed by atoms with E-state index < -0.39 is 0 Å². The molecule has 1 aliphatic heterocycles. The molecule has 3 rings (SSSR count). The lowest BCUT2D eigenvalue weighted by molar-refractivity contribution is -0.0207. The lowest BCUT2D eigenvalue weighted by atomic mass is 10.2. The molecule has 2 aromatic rings. The maximum absolute atomic E-state index is 9.19. The normalized spacial score (nSPS) is 22.0. The molecule has 2 aromatic heterocycles. The Kier molecular flexibility index (Phi) is 4.03. The number of rotatable bonds is 5. The first-order valence-corrected chi connectivity index (χ1v) is 7.39. The summed E-state index contributed by atoms with van der Waals surface area (Å²) in [6.07, 6.45) is 5.90. The number of hydrogen-bond donors (Lipinski definition) is 1. The summed E-state index contributed by atoms with van der Waals surface area (Å²) in [6.45, 7) is 3.11. The number of aromatic nitrogens is 4. The first-order valence-electron chi connectivity index (χ1n) is 7.39. The predicted molar refractivity (Wildman–Crippen MR) is 79.1 cm³/mol. The molecule has 0 radical (unpaired) electrons. The number of nitrogens with zero attached hydrogens (tertiary/aromatic N) is 5. The number of fused-ring (bicyclic) bond motifs is 1. The van der Waals surface area contributed by atoms with Crippen molar-refractivity contribution in [1.82, 2.24) is 19.5 Å². The van der Waals surface area contributed by atoms with E-state index in [4.69, 9.17) is 4.74 Å². The van der Waals surface area contributed by atoms with Crippen molar-refractivity contribution >= 4 is 17.0 Å². The quantitative estimate of drug-likeness (QED) is 0.896. The van der Waals surface area contributed by atoms with Crippen LogP contribution in [0.4, 0.5) is 5.82 Å². The standard InChI is InChI=1S/C14H21N5O2/c1-3-6-18(2)13-12-14(16-8-15-13)19(9-17-12)11-5-4-10(7-20)21-11/h8-11,20H,3-7H2,1-2H3. The fourth-order valence-corrected chi connectivity index (χ4v) is 2.80. The number of imidazole rings is 1. The van der Waals surface area contributed by atoms with Crippen LogP contribution in [0.2, 0.25) is 0 Å². The van der Waals surface area contributed by atoms with Crippen LogP contribution >= 0.6 is 0 Å². The fraction of sp³-hybridized carbons (Fsp3) is 0.643. The zero-order chi connectivity index (χ0) is 14.8. The molecule has 21 heavy (non-hydrogen) atoms. The molecule has 0 aromatic carbocycles. The largest absolute Gasteiger partial charge is 0.394 e. The molecule has 0 aliphatic carbocycles. The minimum Gasteiger partial charge on any atom is -0.394 e. The minimum atomic E-state index is -0.105. The van der Waals surface area contributed by atoms with Gasteiger partial charge in [-0.2, -0.15) is 0 Å². The molecular weight excluding hydrogens is 270 g/mol. The van der Waals surface area contributed by atoms with Gasteiger partial charge in [0.15, 0.2) is 17.0 Å². The first kappa shape index (κ1) is 14.2. The average Bonchev–Trinajstić information content (AvgIpc) is 3.13. The van der Waals surface area contributed by atoms with Crippen molar-refractivity contribution < 1.29 is 9.84 Å². The van der Waals surface area contributed by atoms with Crippen molar-refractivity contribution in [2.75, 3.05) is 25.1 Å². The summed E-state index contributed by atoms with van der Waals surface area (Å²) in [7, 11) is 2.01. The van der Waals surface area contributed by atoms with Crippen LogP contribution in [0.5, 0.6) is 0 Å². The highest BCUT2D eigenvalue weighted by Crippen LogP contribution is 2.31.